The predicted molar refractivity (Wildman–Crippen MR) is 118 cm³/mol. The zero-order valence-electron chi connectivity index (χ0n) is 17.8. The van der Waals surface area contributed by atoms with Crippen LogP contribution in [0.2, 0.25) is 0 Å². The lowest BCUT2D eigenvalue weighted by molar-refractivity contribution is -0.137. The van der Waals surface area contributed by atoms with Crippen LogP contribution in [0.1, 0.15) is 12.0 Å². The largest absolute Gasteiger partial charge is 0.477 e. The first-order chi connectivity index (χ1) is 15.3. The molecular weight excluding hydrogens is 417 g/mol. The molecule has 4 rings (SSSR count). The maximum Gasteiger partial charge on any atom is 0.416 e. The molecule has 8 heteroatoms. The summed E-state index contributed by atoms with van der Waals surface area (Å²) in [6, 6.07) is 11.0. The van der Waals surface area contributed by atoms with E-state index in [0.717, 1.165) is 47.1 Å². The fourth-order valence-electron chi connectivity index (χ4n) is 3.47. The van der Waals surface area contributed by atoms with Gasteiger partial charge in [-0.3, -0.25) is 4.98 Å². The second-order valence-corrected chi connectivity index (χ2v) is 7.79. The molecule has 32 heavy (non-hydrogen) atoms. The summed E-state index contributed by atoms with van der Waals surface area (Å²) in [6.07, 6.45) is 1.57. The highest BCUT2D eigenvalue weighted by atomic mass is 19.4. The highest BCUT2D eigenvalue weighted by Gasteiger charge is 2.30. The van der Waals surface area contributed by atoms with E-state index in [1.54, 1.807) is 18.6 Å². The molecule has 0 fully saturated rings. The number of fused-ring (bicyclic) bond motifs is 1. The molecule has 0 unspecified atom stereocenters. The van der Waals surface area contributed by atoms with Crippen molar-refractivity contribution in [2.75, 3.05) is 27.2 Å². The summed E-state index contributed by atoms with van der Waals surface area (Å²) >= 11 is 0. The van der Waals surface area contributed by atoms with E-state index in [0.29, 0.717) is 23.7 Å². The summed E-state index contributed by atoms with van der Waals surface area (Å²) in [6.45, 7) is 1.47. The lowest BCUT2D eigenvalue weighted by atomic mass is 10.0. The number of H-pyrrole nitrogens is 1. The van der Waals surface area contributed by atoms with E-state index in [2.05, 4.69) is 19.9 Å². The highest BCUT2D eigenvalue weighted by Crippen LogP contribution is 2.34. The van der Waals surface area contributed by atoms with Crippen LogP contribution in [0.25, 0.3) is 33.3 Å². The van der Waals surface area contributed by atoms with Crippen molar-refractivity contribution in [3.05, 3.63) is 66.6 Å². The van der Waals surface area contributed by atoms with Crippen LogP contribution in [0, 0.1) is 0 Å². The SMILES string of the molecule is CN(C)CCCOc1cncc(-c2ccc3[nH]cc(-c4ccc(C(F)(F)F)cc4)c3c2)n1. The molecule has 5 nitrogen and oxygen atoms in total. The maximum atomic E-state index is 12.9. The Bertz CT molecular complexity index is 1200. The van der Waals surface area contributed by atoms with Crippen molar-refractivity contribution in [3.63, 3.8) is 0 Å². The quantitative estimate of drug-likeness (QED) is 0.378. The van der Waals surface area contributed by atoms with E-state index >= 15 is 0 Å². The molecule has 0 aliphatic heterocycles. The van der Waals surface area contributed by atoms with Gasteiger partial charge in [0.15, 0.2) is 0 Å². The number of ether oxygens (including phenoxy) is 1. The summed E-state index contributed by atoms with van der Waals surface area (Å²) in [4.78, 5) is 14.1. The number of nitrogens with one attached hydrogen (secondary N) is 1. The molecule has 2 aromatic heterocycles. The number of hydrogen-bond acceptors (Lipinski definition) is 4. The van der Waals surface area contributed by atoms with Crippen molar-refractivity contribution >= 4 is 10.9 Å². The molecule has 0 aliphatic carbocycles. The molecule has 1 N–H and O–H groups in total. The van der Waals surface area contributed by atoms with Crippen molar-refractivity contribution < 1.29 is 17.9 Å². The topological polar surface area (TPSA) is 54.0 Å². The van der Waals surface area contributed by atoms with E-state index < -0.39 is 11.7 Å². The van der Waals surface area contributed by atoms with Crippen LogP contribution >= 0.6 is 0 Å². The third kappa shape index (κ3) is 4.91. The fraction of sp³-hybridized carbons (Fsp3) is 0.250. The Morgan fingerprint density at radius 1 is 1.00 bits per heavy atom. The first-order valence-corrected chi connectivity index (χ1v) is 10.2. The fourth-order valence-corrected chi connectivity index (χ4v) is 3.47. The molecule has 0 radical (unpaired) electrons. The summed E-state index contributed by atoms with van der Waals surface area (Å²) in [5.41, 5.74) is 3.24. The Morgan fingerprint density at radius 2 is 1.75 bits per heavy atom. The molecule has 0 saturated carbocycles. The van der Waals surface area contributed by atoms with Gasteiger partial charge in [-0.1, -0.05) is 18.2 Å². The molecule has 0 bridgehead atoms. The lowest BCUT2D eigenvalue weighted by Crippen LogP contribution is -2.15. The molecule has 0 spiro atoms. The Kier molecular flexibility index (Phi) is 6.14. The van der Waals surface area contributed by atoms with E-state index in [4.69, 9.17) is 4.74 Å². The number of rotatable bonds is 7. The lowest BCUT2D eigenvalue weighted by Gasteiger charge is -2.10. The van der Waals surface area contributed by atoms with Gasteiger partial charge in [0.2, 0.25) is 5.88 Å². The zero-order valence-corrected chi connectivity index (χ0v) is 17.8. The number of nitrogens with zero attached hydrogens (tertiary/aromatic N) is 3. The van der Waals surface area contributed by atoms with Gasteiger partial charge in [-0.05, 0) is 50.3 Å². The molecule has 0 amide bonds. The number of hydrogen-bond donors (Lipinski definition) is 1. The third-order valence-corrected chi connectivity index (χ3v) is 5.11. The molecule has 2 aromatic carbocycles. The Labute approximate surface area is 183 Å². The van der Waals surface area contributed by atoms with E-state index in [-0.39, 0.29) is 0 Å². The average Bonchev–Trinajstić information content (AvgIpc) is 3.19. The van der Waals surface area contributed by atoms with Crippen LogP contribution in [0.15, 0.2) is 61.1 Å². The molecular formula is C24H23F3N4O. The minimum atomic E-state index is -4.36. The van der Waals surface area contributed by atoms with Crippen LogP contribution in [0.5, 0.6) is 5.88 Å². The van der Waals surface area contributed by atoms with Crippen LogP contribution in [-0.4, -0.2) is 47.1 Å². The van der Waals surface area contributed by atoms with Gasteiger partial charge in [0.05, 0.1) is 30.3 Å². The highest BCUT2D eigenvalue weighted by molar-refractivity contribution is 5.97. The monoisotopic (exact) mass is 440 g/mol. The van der Waals surface area contributed by atoms with Crippen molar-refractivity contribution in [3.8, 4) is 28.3 Å². The molecule has 0 aliphatic rings. The van der Waals surface area contributed by atoms with Crippen molar-refractivity contribution in [1.82, 2.24) is 19.9 Å². The van der Waals surface area contributed by atoms with Crippen LogP contribution < -0.4 is 4.74 Å². The third-order valence-electron chi connectivity index (χ3n) is 5.11. The van der Waals surface area contributed by atoms with E-state index in [9.17, 15) is 13.2 Å². The van der Waals surface area contributed by atoms with Crippen molar-refractivity contribution in [2.24, 2.45) is 0 Å². The Balaban J connectivity index is 1.60. The first-order valence-electron chi connectivity index (χ1n) is 10.2. The Hall–Kier alpha value is -3.39. The second-order valence-electron chi connectivity index (χ2n) is 7.79. The van der Waals surface area contributed by atoms with Crippen LogP contribution in [0.3, 0.4) is 0 Å². The van der Waals surface area contributed by atoms with Gasteiger partial charge >= 0.3 is 6.18 Å². The zero-order chi connectivity index (χ0) is 22.7. The Morgan fingerprint density at radius 3 is 2.47 bits per heavy atom. The van der Waals surface area contributed by atoms with Gasteiger partial charge in [-0.25, -0.2) is 4.98 Å². The van der Waals surface area contributed by atoms with Gasteiger partial charge in [-0.15, -0.1) is 0 Å². The van der Waals surface area contributed by atoms with Crippen LogP contribution in [-0.2, 0) is 6.18 Å². The number of benzene rings is 2. The van der Waals surface area contributed by atoms with Gasteiger partial charge in [-0.2, -0.15) is 13.2 Å². The molecule has 2 heterocycles. The average molecular weight is 440 g/mol. The van der Waals surface area contributed by atoms with Gasteiger partial charge in [0.1, 0.15) is 0 Å². The van der Waals surface area contributed by atoms with Crippen molar-refractivity contribution in [1.29, 1.82) is 0 Å². The second kappa shape index (κ2) is 9.00. The summed E-state index contributed by atoms with van der Waals surface area (Å²) < 4.78 is 44.4. The number of aromatic amines is 1. The first kappa shape index (κ1) is 21.8. The van der Waals surface area contributed by atoms with E-state index in [1.807, 2.05) is 32.3 Å². The minimum Gasteiger partial charge on any atom is -0.477 e. The van der Waals surface area contributed by atoms with E-state index in [1.165, 1.54) is 12.1 Å². The summed E-state index contributed by atoms with van der Waals surface area (Å²) in [5.74, 6) is 0.457. The van der Waals surface area contributed by atoms with Gasteiger partial charge < -0.3 is 14.6 Å². The molecule has 0 saturated heterocycles. The molecule has 166 valence electrons. The maximum absolute atomic E-state index is 12.9. The molecule has 0 atom stereocenters. The standard InChI is InChI=1S/C24H23F3N4O/c1-31(2)10-3-11-32-23-15-28-14-22(30-23)17-6-9-21-19(12-17)20(13-29-21)16-4-7-18(8-5-16)24(25,26)27/h4-9,12-15,29H,3,10-11H2,1-2H3. The number of halogens is 3. The summed E-state index contributed by atoms with van der Waals surface area (Å²) in [7, 11) is 4.02. The molecule has 4 aromatic rings. The van der Waals surface area contributed by atoms with Crippen molar-refractivity contribution in [2.45, 2.75) is 12.6 Å². The van der Waals surface area contributed by atoms with Gasteiger partial charge in [0, 0.05) is 34.8 Å². The summed E-state index contributed by atoms with van der Waals surface area (Å²) in [5, 5.41) is 0.890. The van der Waals surface area contributed by atoms with Gasteiger partial charge in [0.25, 0.3) is 0 Å². The predicted octanol–water partition coefficient (Wildman–Crippen LogP) is 5.64. The smallest absolute Gasteiger partial charge is 0.416 e. The normalized spacial score (nSPS) is 11.9. The van der Waals surface area contributed by atoms with Crippen LogP contribution in [0.4, 0.5) is 13.2 Å². The number of alkyl halides is 3. The number of aromatic nitrogens is 3. The minimum absolute atomic E-state index is 0.457.